The number of nitrogens with zero attached hydrogens (tertiary/aromatic N) is 1. The first-order valence-electron chi connectivity index (χ1n) is 10.0. The van der Waals surface area contributed by atoms with Gasteiger partial charge in [-0.1, -0.05) is 53.6 Å². The predicted molar refractivity (Wildman–Crippen MR) is 127 cm³/mol. The number of hydrogen-bond acceptors (Lipinski definition) is 4. The van der Waals surface area contributed by atoms with Gasteiger partial charge in [-0.05, 0) is 66.2 Å². The van der Waals surface area contributed by atoms with Gasteiger partial charge in [0.05, 0.1) is 21.2 Å². The number of aryl methyl sites for hydroxylation is 1. The molecule has 0 radical (unpaired) electrons. The van der Waals surface area contributed by atoms with Crippen LogP contribution in [-0.4, -0.2) is 11.1 Å². The van der Waals surface area contributed by atoms with Crippen LogP contribution in [0.1, 0.15) is 22.3 Å². The van der Waals surface area contributed by atoms with Gasteiger partial charge >= 0.3 is 6.18 Å². The molecule has 0 bridgehead atoms. The maximum absolute atomic E-state index is 13.2. The maximum atomic E-state index is 13.2. The van der Waals surface area contributed by atoms with Gasteiger partial charge in [0, 0.05) is 0 Å². The number of carbonyl (C=O) groups excluding carboxylic acids is 2. The molecule has 1 aliphatic rings. The summed E-state index contributed by atoms with van der Waals surface area (Å²) in [4.78, 5) is 26.1. The number of thioether (sulfide) groups is 1. The number of alkyl halides is 3. The van der Waals surface area contributed by atoms with E-state index in [0.29, 0.717) is 40.6 Å². The second kappa shape index (κ2) is 9.56. The number of halogens is 4. The molecule has 3 aromatic carbocycles. The van der Waals surface area contributed by atoms with Crippen molar-refractivity contribution in [3.63, 3.8) is 0 Å². The molecule has 0 saturated carbocycles. The minimum Gasteiger partial charge on any atom is -0.489 e. The number of imide groups is 1. The van der Waals surface area contributed by atoms with Crippen molar-refractivity contribution in [2.24, 2.45) is 0 Å². The Bertz CT molecular complexity index is 1290. The number of ether oxygens (including phenoxy) is 1. The van der Waals surface area contributed by atoms with E-state index in [4.69, 9.17) is 16.3 Å². The summed E-state index contributed by atoms with van der Waals surface area (Å²) in [5.74, 6) is -0.141. The van der Waals surface area contributed by atoms with Crippen molar-refractivity contribution in [2.45, 2.75) is 19.7 Å². The van der Waals surface area contributed by atoms with E-state index in [9.17, 15) is 22.8 Å². The average molecular weight is 504 g/mol. The lowest BCUT2D eigenvalue weighted by Gasteiger charge is -2.16. The number of benzene rings is 3. The first kappa shape index (κ1) is 23.9. The molecule has 2 amide bonds. The van der Waals surface area contributed by atoms with Gasteiger partial charge in [0.2, 0.25) is 0 Å². The molecule has 4 rings (SSSR count). The van der Waals surface area contributed by atoms with Crippen LogP contribution in [0.5, 0.6) is 5.75 Å². The largest absolute Gasteiger partial charge is 0.489 e. The van der Waals surface area contributed by atoms with Gasteiger partial charge in [0.25, 0.3) is 11.1 Å². The molecule has 174 valence electrons. The molecule has 34 heavy (non-hydrogen) atoms. The molecule has 1 aliphatic heterocycles. The third kappa shape index (κ3) is 5.29. The van der Waals surface area contributed by atoms with Gasteiger partial charge in [0.1, 0.15) is 12.4 Å². The van der Waals surface area contributed by atoms with Crippen LogP contribution in [0.25, 0.3) is 6.08 Å². The van der Waals surface area contributed by atoms with Crippen LogP contribution in [0, 0.1) is 6.92 Å². The standard InChI is InChI=1S/C25H17ClF3NO3S/c1-15-5-7-16(8-6-15)14-33-19-4-2-3-17(11-19)12-22-23(31)30(24(32)34-22)18-9-10-21(26)20(13-18)25(27,28)29/h2-13H,14H2,1H3/b22-12-. The summed E-state index contributed by atoms with van der Waals surface area (Å²) in [6.07, 6.45) is -3.21. The van der Waals surface area contributed by atoms with Gasteiger partial charge in [-0.3, -0.25) is 9.59 Å². The Hall–Kier alpha value is -3.23. The highest BCUT2D eigenvalue weighted by Crippen LogP contribution is 2.40. The van der Waals surface area contributed by atoms with Gasteiger partial charge < -0.3 is 4.74 Å². The first-order chi connectivity index (χ1) is 16.1. The van der Waals surface area contributed by atoms with Crippen LogP contribution in [0.2, 0.25) is 5.02 Å². The van der Waals surface area contributed by atoms with Crippen LogP contribution in [-0.2, 0) is 17.6 Å². The zero-order chi connectivity index (χ0) is 24.5. The van der Waals surface area contributed by atoms with Crippen molar-refractivity contribution in [1.82, 2.24) is 0 Å². The Labute approximate surface area is 203 Å². The van der Waals surface area contributed by atoms with Gasteiger partial charge in [-0.25, -0.2) is 4.90 Å². The minimum atomic E-state index is -4.72. The van der Waals surface area contributed by atoms with Gasteiger partial charge in [0.15, 0.2) is 0 Å². The summed E-state index contributed by atoms with van der Waals surface area (Å²) >= 11 is 6.30. The molecule has 0 spiro atoms. The average Bonchev–Trinajstić information content (AvgIpc) is 3.06. The Morgan fingerprint density at radius 3 is 2.47 bits per heavy atom. The smallest absolute Gasteiger partial charge is 0.417 e. The molecule has 0 unspecified atom stereocenters. The zero-order valence-electron chi connectivity index (χ0n) is 17.7. The Morgan fingerprint density at radius 1 is 1.03 bits per heavy atom. The van der Waals surface area contributed by atoms with E-state index in [1.165, 1.54) is 12.1 Å². The molecule has 3 aromatic rings. The third-order valence-electron chi connectivity index (χ3n) is 4.99. The quantitative estimate of drug-likeness (QED) is 0.338. The van der Waals surface area contributed by atoms with E-state index < -0.39 is 27.9 Å². The van der Waals surface area contributed by atoms with Crippen LogP contribution in [0.15, 0.2) is 71.6 Å². The zero-order valence-corrected chi connectivity index (χ0v) is 19.3. The van der Waals surface area contributed by atoms with E-state index in [0.717, 1.165) is 17.2 Å². The summed E-state index contributed by atoms with van der Waals surface area (Å²) in [5.41, 5.74) is 1.44. The molecular formula is C25H17ClF3NO3S. The van der Waals surface area contributed by atoms with Crippen LogP contribution in [0.4, 0.5) is 23.7 Å². The summed E-state index contributed by atoms with van der Waals surface area (Å²) in [7, 11) is 0. The highest BCUT2D eigenvalue weighted by atomic mass is 35.5. The van der Waals surface area contributed by atoms with E-state index in [1.807, 2.05) is 31.2 Å². The molecule has 0 N–H and O–H groups in total. The first-order valence-corrected chi connectivity index (χ1v) is 11.2. The molecule has 9 heteroatoms. The summed E-state index contributed by atoms with van der Waals surface area (Å²) in [5, 5.41) is -1.21. The highest BCUT2D eigenvalue weighted by molar-refractivity contribution is 8.19. The van der Waals surface area contributed by atoms with Crippen LogP contribution in [0.3, 0.4) is 0 Å². The van der Waals surface area contributed by atoms with Crippen molar-refractivity contribution >= 4 is 46.3 Å². The molecule has 0 atom stereocenters. The SMILES string of the molecule is Cc1ccc(COc2cccc(/C=C3\SC(=O)N(c4ccc(Cl)c(C(F)(F)F)c4)C3=O)c2)cc1. The lowest BCUT2D eigenvalue weighted by atomic mass is 10.1. The van der Waals surface area contributed by atoms with Crippen LogP contribution >= 0.6 is 23.4 Å². The van der Waals surface area contributed by atoms with Crippen LogP contribution < -0.4 is 9.64 Å². The van der Waals surface area contributed by atoms with E-state index in [-0.39, 0.29) is 10.6 Å². The third-order valence-corrected chi connectivity index (χ3v) is 6.19. The molecule has 1 fully saturated rings. The molecule has 1 heterocycles. The molecule has 1 saturated heterocycles. The Kier molecular flexibility index (Phi) is 6.72. The van der Waals surface area contributed by atoms with Crippen molar-refractivity contribution < 1.29 is 27.5 Å². The van der Waals surface area contributed by atoms with Crippen molar-refractivity contribution in [1.29, 1.82) is 0 Å². The number of rotatable bonds is 5. The summed E-state index contributed by atoms with van der Waals surface area (Å²) in [6, 6.07) is 17.8. The van der Waals surface area contributed by atoms with E-state index in [2.05, 4.69) is 0 Å². The van der Waals surface area contributed by atoms with Gasteiger partial charge in [-0.15, -0.1) is 0 Å². The fourth-order valence-electron chi connectivity index (χ4n) is 3.26. The second-order valence-electron chi connectivity index (χ2n) is 7.53. The summed E-state index contributed by atoms with van der Waals surface area (Å²) < 4.78 is 45.4. The molecule has 0 aliphatic carbocycles. The Balaban J connectivity index is 1.53. The fraction of sp³-hybridized carbons (Fsp3) is 0.120. The predicted octanol–water partition coefficient (Wildman–Crippen LogP) is 7.49. The monoisotopic (exact) mass is 503 g/mol. The number of amides is 2. The molecule has 4 nitrogen and oxygen atoms in total. The van der Waals surface area contributed by atoms with Crippen molar-refractivity contribution in [3.8, 4) is 5.75 Å². The Morgan fingerprint density at radius 2 is 1.76 bits per heavy atom. The van der Waals surface area contributed by atoms with E-state index >= 15 is 0 Å². The van der Waals surface area contributed by atoms with Crippen molar-refractivity contribution in [2.75, 3.05) is 4.90 Å². The van der Waals surface area contributed by atoms with Gasteiger partial charge in [-0.2, -0.15) is 13.2 Å². The maximum Gasteiger partial charge on any atom is 0.417 e. The normalized spacial score (nSPS) is 15.3. The van der Waals surface area contributed by atoms with E-state index in [1.54, 1.807) is 24.3 Å². The lowest BCUT2D eigenvalue weighted by Crippen LogP contribution is -2.28. The number of anilines is 1. The number of carbonyl (C=O) groups is 2. The molecule has 0 aromatic heterocycles. The van der Waals surface area contributed by atoms with Crippen molar-refractivity contribution in [3.05, 3.63) is 98.9 Å². The lowest BCUT2D eigenvalue weighted by molar-refractivity contribution is -0.137. The second-order valence-corrected chi connectivity index (χ2v) is 8.93. The molecular weight excluding hydrogens is 487 g/mol. The number of hydrogen-bond donors (Lipinski definition) is 0. The topological polar surface area (TPSA) is 46.6 Å². The summed E-state index contributed by atoms with van der Waals surface area (Å²) in [6.45, 7) is 2.36. The highest BCUT2D eigenvalue weighted by Gasteiger charge is 2.39. The fourth-order valence-corrected chi connectivity index (χ4v) is 4.32. The minimum absolute atomic E-state index is 0.0872.